The van der Waals surface area contributed by atoms with Gasteiger partial charge in [0.25, 0.3) is 5.91 Å². The number of hydroxylamine groups is 2. The largest absolute Gasteiger partial charge is 0.477 e. The van der Waals surface area contributed by atoms with E-state index in [2.05, 4.69) is 5.32 Å². The van der Waals surface area contributed by atoms with Crippen molar-refractivity contribution < 1.29 is 33.9 Å². The first-order valence-corrected chi connectivity index (χ1v) is 8.49. The average Bonchev–Trinajstić information content (AvgIpc) is 3.24. The maximum absolute atomic E-state index is 12.6. The van der Waals surface area contributed by atoms with Crippen molar-refractivity contribution in [2.24, 2.45) is 0 Å². The third kappa shape index (κ3) is 3.10. The lowest BCUT2D eigenvalue weighted by atomic mass is 10.1. The first-order chi connectivity index (χ1) is 11.8. The molecule has 2 aliphatic rings. The lowest BCUT2D eigenvalue weighted by molar-refractivity contribution is -0.266. The van der Waals surface area contributed by atoms with Crippen molar-refractivity contribution in [1.82, 2.24) is 10.4 Å². The van der Waals surface area contributed by atoms with Crippen LogP contribution in [0.15, 0.2) is 17.5 Å². The first kappa shape index (κ1) is 17.4. The number of esters is 1. The number of nitrogens with zero attached hydrogens (tertiary/aromatic N) is 1. The molecular weight excluding hydrogens is 352 g/mol. The Bertz CT molecular complexity index is 719. The minimum Gasteiger partial charge on any atom is -0.477 e. The number of hydrogen-bond acceptors (Lipinski definition) is 7. The number of rotatable bonds is 5. The molecule has 9 nitrogen and oxygen atoms in total. The Balaban J connectivity index is 1.73. The van der Waals surface area contributed by atoms with E-state index in [0.29, 0.717) is 5.06 Å². The quantitative estimate of drug-likeness (QED) is 0.705. The number of hydrogen-bond donors (Lipinski definition) is 2. The van der Waals surface area contributed by atoms with Gasteiger partial charge in [-0.1, -0.05) is 6.07 Å². The van der Waals surface area contributed by atoms with Crippen LogP contribution in [0.5, 0.6) is 0 Å². The Morgan fingerprint density at radius 3 is 2.80 bits per heavy atom. The van der Waals surface area contributed by atoms with Gasteiger partial charge in [-0.15, -0.1) is 11.3 Å². The molecule has 1 aromatic heterocycles. The van der Waals surface area contributed by atoms with Crippen molar-refractivity contribution >= 4 is 35.1 Å². The van der Waals surface area contributed by atoms with E-state index >= 15 is 0 Å². The van der Waals surface area contributed by atoms with Gasteiger partial charge in [-0.3, -0.25) is 19.2 Å². The molecule has 3 rings (SSSR count). The third-order valence-corrected chi connectivity index (χ3v) is 4.93. The van der Waals surface area contributed by atoms with E-state index in [-0.39, 0.29) is 25.2 Å². The SMILES string of the molecule is C[C@@H]1ON(C2(C(=O)O)CCC(=O)O2)C(=O)[C@H]1NC(=O)Cc1cccs1. The summed E-state index contributed by atoms with van der Waals surface area (Å²) in [5.74, 6) is -3.36. The van der Waals surface area contributed by atoms with E-state index in [0.717, 1.165) is 4.88 Å². The van der Waals surface area contributed by atoms with E-state index in [9.17, 15) is 24.3 Å². The van der Waals surface area contributed by atoms with Crippen LogP contribution in [0, 0.1) is 0 Å². The third-order valence-electron chi connectivity index (χ3n) is 4.05. The van der Waals surface area contributed by atoms with E-state index in [1.165, 1.54) is 18.3 Å². The van der Waals surface area contributed by atoms with Crippen LogP contribution < -0.4 is 5.32 Å². The van der Waals surface area contributed by atoms with Gasteiger partial charge < -0.3 is 15.2 Å². The van der Waals surface area contributed by atoms with Crippen LogP contribution in [0.3, 0.4) is 0 Å². The van der Waals surface area contributed by atoms with Crippen LogP contribution in [0.25, 0.3) is 0 Å². The molecule has 25 heavy (non-hydrogen) atoms. The topological polar surface area (TPSA) is 122 Å². The van der Waals surface area contributed by atoms with Crippen molar-refractivity contribution in [3.05, 3.63) is 22.4 Å². The molecule has 1 aromatic rings. The molecule has 10 heteroatoms. The Labute approximate surface area is 146 Å². The van der Waals surface area contributed by atoms with Gasteiger partial charge in [-0.25, -0.2) is 4.79 Å². The summed E-state index contributed by atoms with van der Waals surface area (Å²) >= 11 is 1.41. The minimum atomic E-state index is -2.18. The lowest BCUT2D eigenvalue weighted by Gasteiger charge is -2.30. The monoisotopic (exact) mass is 368 g/mol. The zero-order valence-electron chi connectivity index (χ0n) is 13.3. The molecule has 2 amide bonds. The molecule has 0 spiro atoms. The number of cyclic esters (lactones) is 1. The number of carboxylic acid groups (broad SMARTS) is 1. The highest BCUT2D eigenvalue weighted by Gasteiger charge is 2.60. The number of carbonyl (C=O) groups is 4. The first-order valence-electron chi connectivity index (χ1n) is 7.61. The van der Waals surface area contributed by atoms with Gasteiger partial charge in [0, 0.05) is 11.3 Å². The molecule has 3 heterocycles. The van der Waals surface area contributed by atoms with Gasteiger partial charge in [-0.05, 0) is 18.4 Å². The smallest absolute Gasteiger partial charge is 0.372 e. The molecule has 3 atom stereocenters. The number of nitrogens with one attached hydrogen (secondary N) is 1. The number of carboxylic acids is 1. The van der Waals surface area contributed by atoms with Gasteiger partial charge in [0.05, 0.1) is 12.8 Å². The standard InChI is InChI=1S/C15H16N2O7S/c1-8-12(16-10(18)7-9-3-2-6-25-9)13(20)17(24-8)15(14(21)22)5-4-11(19)23-15/h2-3,6,8,12H,4-5,7H2,1H3,(H,16,18)(H,21,22)/t8-,12-,15?/m0/s1. The van der Waals surface area contributed by atoms with Crippen LogP contribution >= 0.6 is 11.3 Å². The maximum Gasteiger partial charge on any atom is 0.372 e. The van der Waals surface area contributed by atoms with Gasteiger partial charge in [0.15, 0.2) is 0 Å². The Hall–Kier alpha value is -2.46. The molecule has 0 aliphatic carbocycles. The van der Waals surface area contributed by atoms with Gasteiger partial charge in [0.1, 0.15) is 12.1 Å². The average molecular weight is 368 g/mol. The summed E-state index contributed by atoms with van der Waals surface area (Å²) in [6.45, 7) is 1.53. The predicted octanol–water partition coefficient (Wildman–Crippen LogP) is 0.0556. The fourth-order valence-electron chi connectivity index (χ4n) is 2.79. The molecule has 134 valence electrons. The molecular formula is C15H16N2O7S. The molecule has 2 N–H and O–H groups in total. The van der Waals surface area contributed by atoms with E-state index in [1.807, 2.05) is 11.4 Å². The van der Waals surface area contributed by atoms with Crippen LogP contribution in [0.1, 0.15) is 24.6 Å². The minimum absolute atomic E-state index is 0.104. The summed E-state index contributed by atoms with van der Waals surface area (Å²) in [4.78, 5) is 53.9. The second kappa shape index (κ2) is 6.45. The summed E-state index contributed by atoms with van der Waals surface area (Å²) in [5, 5.41) is 14.4. The van der Waals surface area contributed by atoms with Gasteiger partial charge in [0.2, 0.25) is 5.91 Å². The van der Waals surface area contributed by atoms with E-state index in [4.69, 9.17) is 9.57 Å². The van der Waals surface area contributed by atoms with Gasteiger partial charge >= 0.3 is 17.7 Å². The molecule has 0 bridgehead atoms. The number of carbonyl (C=O) groups excluding carboxylic acids is 3. The molecule has 0 saturated carbocycles. The Kier molecular flexibility index (Phi) is 4.48. The van der Waals surface area contributed by atoms with Crippen LogP contribution in [0.2, 0.25) is 0 Å². The second-order valence-corrected chi connectivity index (χ2v) is 6.84. The number of thiophene rings is 1. The Morgan fingerprint density at radius 2 is 2.24 bits per heavy atom. The molecule has 2 aliphatic heterocycles. The van der Waals surface area contributed by atoms with Gasteiger partial charge in [-0.2, -0.15) is 5.06 Å². The fraction of sp³-hybridized carbons (Fsp3) is 0.467. The van der Waals surface area contributed by atoms with Crippen LogP contribution in [0.4, 0.5) is 0 Å². The van der Waals surface area contributed by atoms with Crippen LogP contribution in [-0.4, -0.2) is 51.8 Å². The lowest BCUT2D eigenvalue weighted by Crippen LogP contribution is -2.56. The highest BCUT2D eigenvalue weighted by Crippen LogP contribution is 2.35. The predicted molar refractivity (Wildman–Crippen MR) is 83.0 cm³/mol. The summed E-state index contributed by atoms with van der Waals surface area (Å²) in [5.41, 5.74) is -2.18. The summed E-state index contributed by atoms with van der Waals surface area (Å²) in [6, 6.07) is 2.56. The van der Waals surface area contributed by atoms with Crippen molar-refractivity contribution in [3.63, 3.8) is 0 Å². The summed E-state index contributed by atoms with van der Waals surface area (Å²) in [6.07, 6.45) is -1.04. The zero-order valence-corrected chi connectivity index (χ0v) is 14.1. The maximum atomic E-state index is 12.6. The number of ether oxygens (including phenoxy) is 1. The summed E-state index contributed by atoms with van der Waals surface area (Å²) in [7, 11) is 0. The number of amides is 2. The van der Waals surface area contributed by atoms with Crippen molar-refractivity contribution in [3.8, 4) is 0 Å². The Morgan fingerprint density at radius 1 is 1.48 bits per heavy atom. The van der Waals surface area contributed by atoms with E-state index < -0.39 is 35.7 Å². The highest BCUT2D eigenvalue weighted by atomic mass is 32.1. The fourth-order valence-corrected chi connectivity index (χ4v) is 3.49. The molecule has 2 fully saturated rings. The molecule has 0 aromatic carbocycles. The normalized spacial score (nSPS) is 28.9. The van der Waals surface area contributed by atoms with Crippen molar-refractivity contribution in [1.29, 1.82) is 0 Å². The number of aliphatic carboxylic acids is 1. The van der Waals surface area contributed by atoms with E-state index in [1.54, 1.807) is 6.07 Å². The summed E-state index contributed by atoms with van der Waals surface area (Å²) < 4.78 is 4.88. The molecule has 1 unspecified atom stereocenters. The molecule has 2 saturated heterocycles. The van der Waals surface area contributed by atoms with Crippen LogP contribution in [-0.2, 0) is 35.2 Å². The van der Waals surface area contributed by atoms with Crippen molar-refractivity contribution in [2.45, 2.75) is 44.1 Å². The molecule has 0 radical (unpaired) electrons. The zero-order chi connectivity index (χ0) is 18.2. The van der Waals surface area contributed by atoms with Crippen molar-refractivity contribution in [2.75, 3.05) is 0 Å². The highest BCUT2D eigenvalue weighted by molar-refractivity contribution is 7.10. The second-order valence-electron chi connectivity index (χ2n) is 5.81.